The monoisotopic (exact) mass is 361 g/mol. The van der Waals surface area contributed by atoms with Crippen molar-refractivity contribution in [1.82, 2.24) is 10.6 Å². The van der Waals surface area contributed by atoms with Crippen LogP contribution < -0.4 is 16.0 Å². The Hall–Kier alpha value is -3.29. The second-order valence-corrected chi connectivity index (χ2v) is 5.39. The Morgan fingerprint density at radius 2 is 1.50 bits per heavy atom. The Labute approximate surface area is 148 Å². The third-order valence-electron chi connectivity index (χ3n) is 3.34. The van der Waals surface area contributed by atoms with Gasteiger partial charge in [0.15, 0.2) is 0 Å². The van der Waals surface area contributed by atoms with E-state index in [1.54, 1.807) is 24.3 Å². The topological polar surface area (TPSA) is 87.3 Å². The van der Waals surface area contributed by atoms with Gasteiger partial charge in [-0.05, 0) is 36.4 Å². The van der Waals surface area contributed by atoms with Gasteiger partial charge in [-0.2, -0.15) is 0 Å². The van der Waals surface area contributed by atoms with E-state index in [1.165, 1.54) is 6.92 Å². The number of nitrogens with one attached hydrogen (secondary N) is 3. The predicted molar refractivity (Wildman–Crippen MR) is 91.8 cm³/mol. The van der Waals surface area contributed by atoms with Crippen molar-refractivity contribution in [3.8, 4) is 0 Å². The van der Waals surface area contributed by atoms with Crippen LogP contribution in [-0.4, -0.2) is 30.8 Å². The van der Waals surface area contributed by atoms with Crippen LogP contribution in [0.4, 0.5) is 14.5 Å². The first-order chi connectivity index (χ1) is 12.4. The summed E-state index contributed by atoms with van der Waals surface area (Å²) in [4.78, 5) is 34.7. The van der Waals surface area contributed by atoms with Crippen LogP contribution in [0.15, 0.2) is 42.5 Å². The molecule has 0 aliphatic rings. The number of hydrogen-bond acceptors (Lipinski definition) is 3. The standard InChI is InChI=1S/C18H17F2N3O3/c1-11(24)23-14-5-2-12(3-6-14)17(25)21-8-9-22-18(26)15-7-4-13(19)10-16(15)20/h2-7,10H,8-9H2,1H3,(H,21,25)(H,22,26)(H,23,24). The van der Waals surface area contributed by atoms with Crippen LogP contribution in [0.3, 0.4) is 0 Å². The molecule has 0 atom stereocenters. The van der Waals surface area contributed by atoms with E-state index in [2.05, 4.69) is 16.0 Å². The molecule has 0 radical (unpaired) electrons. The van der Waals surface area contributed by atoms with Crippen LogP contribution in [0.1, 0.15) is 27.6 Å². The first kappa shape index (κ1) is 19.0. The van der Waals surface area contributed by atoms with E-state index in [0.29, 0.717) is 17.3 Å². The van der Waals surface area contributed by atoms with Gasteiger partial charge in [-0.15, -0.1) is 0 Å². The van der Waals surface area contributed by atoms with Gasteiger partial charge in [0, 0.05) is 37.3 Å². The molecule has 8 heteroatoms. The molecule has 6 nitrogen and oxygen atoms in total. The molecule has 0 aliphatic carbocycles. The van der Waals surface area contributed by atoms with Crippen molar-refractivity contribution in [3.05, 3.63) is 65.2 Å². The lowest BCUT2D eigenvalue weighted by molar-refractivity contribution is -0.114. The molecule has 0 aliphatic heterocycles. The second kappa shape index (κ2) is 8.70. The van der Waals surface area contributed by atoms with Gasteiger partial charge in [-0.25, -0.2) is 8.78 Å². The highest BCUT2D eigenvalue weighted by molar-refractivity contribution is 5.96. The van der Waals surface area contributed by atoms with Crippen molar-refractivity contribution in [1.29, 1.82) is 0 Å². The molecule has 26 heavy (non-hydrogen) atoms. The number of carbonyl (C=O) groups is 3. The fraction of sp³-hybridized carbons (Fsp3) is 0.167. The Morgan fingerprint density at radius 3 is 2.08 bits per heavy atom. The highest BCUT2D eigenvalue weighted by Gasteiger charge is 2.12. The van der Waals surface area contributed by atoms with Crippen LogP contribution in [0.25, 0.3) is 0 Å². The molecule has 0 unspecified atom stereocenters. The molecule has 0 heterocycles. The van der Waals surface area contributed by atoms with Crippen LogP contribution in [-0.2, 0) is 4.79 Å². The molecule has 2 aromatic rings. The van der Waals surface area contributed by atoms with Gasteiger partial charge < -0.3 is 16.0 Å². The molecule has 0 bridgehead atoms. The van der Waals surface area contributed by atoms with E-state index in [0.717, 1.165) is 12.1 Å². The number of anilines is 1. The van der Waals surface area contributed by atoms with Crippen molar-refractivity contribution in [2.45, 2.75) is 6.92 Å². The van der Waals surface area contributed by atoms with E-state index in [4.69, 9.17) is 0 Å². The van der Waals surface area contributed by atoms with Gasteiger partial charge in [0.1, 0.15) is 11.6 Å². The number of benzene rings is 2. The fourth-order valence-electron chi connectivity index (χ4n) is 2.13. The number of hydrogen-bond donors (Lipinski definition) is 3. The van der Waals surface area contributed by atoms with Crippen LogP contribution in [0, 0.1) is 11.6 Å². The molecule has 2 aromatic carbocycles. The maximum atomic E-state index is 13.5. The molecule has 0 spiro atoms. The minimum absolute atomic E-state index is 0.0748. The molecule has 3 amide bonds. The van der Waals surface area contributed by atoms with E-state index in [-0.39, 0.29) is 30.5 Å². The van der Waals surface area contributed by atoms with Crippen LogP contribution in [0.5, 0.6) is 0 Å². The highest BCUT2D eigenvalue weighted by atomic mass is 19.1. The Kier molecular flexibility index (Phi) is 6.37. The Balaban J connectivity index is 1.79. The number of carbonyl (C=O) groups excluding carboxylic acids is 3. The van der Waals surface area contributed by atoms with Gasteiger partial charge >= 0.3 is 0 Å². The lowest BCUT2D eigenvalue weighted by Crippen LogP contribution is -2.35. The summed E-state index contributed by atoms with van der Waals surface area (Å²) < 4.78 is 26.3. The third-order valence-corrected chi connectivity index (χ3v) is 3.34. The predicted octanol–water partition coefficient (Wildman–Crippen LogP) is 2.08. The number of amides is 3. The van der Waals surface area contributed by atoms with E-state index < -0.39 is 17.5 Å². The van der Waals surface area contributed by atoms with Crippen LogP contribution in [0.2, 0.25) is 0 Å². The van der Waals surface area contributed by atoms with Gasteiger partial charge in [-0.3, -0.25) is 14.4 Å². The summed E-state index contributed by atoms with van der Waals surface area (Å²) in [5.74, 6) is -2.99. The van der Waals surface area contributed by atoms with Crippen molar-refractivity contribution >= 4 is 23.4 Å². The van der Waals surface area contributed by atoms with Crippen molar-refractivity contribution in [2.24, 2.45) is 0 Å². The van der Waals surface area contributed by atoms with Crippen molar-refractivity contribution in [2.75, 3.05) is 18.4 Å². The van der Waals surface area contributed by atoms with E-state index in [9.17, 15) is 23.2 Å². The molecule has 0 saturated heterocycles. The molecular weight excluding hydrogens is 344 g/mol. The maximum Gasteiger partial charge on any atom is 0.254 e. The lowest BCUT2D eigenvalue weighted by atomic mass is 10.2. The average molecular weight is 361 g/mol. The minimum Gasteiger partial charge on any atom is -0.350 e. The summed E-state index contributed by atoms with van der Waals surface area (Å²) >= 11 is 0. The quantitative estimate of drug-likeness (QED) is 0.689. The van der Waals surface area contributed by atoms with Crippen molar-refractivity contribution < 1.29 is 23.2 Å². The Morgan fingerprint density at radius 1 is 0.885 bits per heavy atom. The molecule has 0 aromatic heterocycles. The zero-order valence-corrected chi connectivity index (χ0v) is 13.9. The fourth-order valence-corrected chi connectivity index (χ4v) is 2.13. The molecule has 2 rings (SSSR count). The largest absolute Gasteiger partial charge is 0.350 e. The van der Waals surface area contributed by atoms with E-state index in [1.807, 2.05) is 0 Å². The van der Waals surface area contributed by atoms with E-state index >= 15 is 0 Å². The average Bonchev–Trinajstić information content (AvgIpc) is 2.58. The minimum atomic E-state index is -0.953. The number of rotatable bonds is 6. The number of halogens is 2. The first-order valence-electron chi connectivity index (χ1n) is 7.76. The van der Waals surface area contributed by atoms with Gasteiger partial charge in [0.25, 0.3) is 11.8 Å². The zero-order valence-electron chi connectivity index (χ0n) is 13.9. The molecule has 3 N–H and O–H groups in total. The summed E-state index contributed by atoms with van der Waals surface area (Å²) in [6.45, 7) is 1.58. The normalized spacial score (nSPS) is 10.1. The smallest absolute Gasteiger partial charge is 0.254 e. The van der Waals surface area contributed by atoms with Gasteiger partial charge in [0.05, 0.1) is 5.56 Å². The summed E-state index contributed by atoms with van der Waals surface area (Å²) in [6.07, 6.45) is 0. The molecule has 0 saturated carbocycles. The van der Waals surface area contributed by atoms with Crippen molar-refractivity contribution in [3.63, 3.8) is 0 Å². The Bertz CT molecular complexity index is 823. The molecule has 0 fully saturated rings. The second-order valence-electron chi connectivity index (χ2n) is 5.39. The SMILES string of the molecule is CC(=O)Nc1ccc(C(=O)NCCNC(=O)c2ccc(F)cc2F)cc1. The van der Waals surface area contributed by atoms with Gasteiger partial charge in [0.2, 0.25) is 5.91 Å². The summed E-state index contributed by atoms with van der Waals surface area (Å²) in [6, 6.07) is 8.95. The summed E-state index contributed by atoms with van der Waals surface area (Å²) in [5.41, 5.74) is 0.684. The summed E-state index contributed by atoms with van der Waals surface area (Å²) in [7, 11) is 0. The first-order valence-corrected chi connectivity index (χ1v) is 7.76. The zero-order chi connectivity index (χ0) is 19.1. The summed E-state index contributed by atoms with van der Waals surface area (Å²) in [5, 5.41) is 7.62. The maximum absolute atomic E-state index is 13.5. The highest BCUT2D eigenvalue weighted by Crippen LogP contribution is 2.10. The molecular formula is C18H17F2N3O3. The van der Waals surface area contributed by atoms with Gasteiger partial charge in [-0.1, -0.05) is 0 Å². The molecule has 136 valence electrons. The third kappa shape index (κ3) is 5.37. The lowest BCUT2D eigenvalue weighted by Gasteiger charge is -2.08. The van der Waals surface area contributed by atoms with Crippen LogP contribution >= 0.6 is 0 Å².